The average Bonchev–Trinajstić information content (AvgIpc) is 2.88. The summed E-state index contributed by atoms with van der Waals surface area (Å²) in [4.78, 5) is 18.2. The van der Waals surface area contributed by atoms with Gasteiger partial charge in [-0.25, -0.2) is 9.37 Å². The van der Waals surface area contributed by atoms with Crippen molar-refractivity contribution in [2.45, 2.75) is 44.6 Å². The van der Waals surface area contributed by atoms with Crippen molar-refractivity contribution in [2.75, 3.05) is 0 Å². The highest BCUT2D eigenvalue weighted by atomic mass is 79.9. The number of aromatic nitrogens is 2. The summed E-state index contributed by atoms with van der Waals surface area (Å²) in [5.41, 5.74) is 1.90. The van der Waals surface area contributed by atoms with E-state index in [9.17, 15) is 9.18 Å². The van der Waals surface area contributed by atoms with Crippen LogP contribution in [0.4, 0.5) is 4.39 Å². The second-order valence-electron chi connectivity index (χ2n) is 8.92. The highest BCUT2D eigenvalue weighted by Gasteiger charge is 2.22. The monoisotopic (exact) mass is 567 g/mol. The van der Waals surface area contributed by atoms with Crippen LogP contribution in [0.1, 0.15) is 55.0 Å². The zero-order valence-electron chi connectivity index (χ0n) is 19.5. The highest BCUT2D eigenvalue weighted by molar-refractivity contribution is 9.10. The van der Waals surface area contributed by atoms with E-state index in [0.29, 0.717) is 43.1 Å². The molecular weight excluding hydrogens is 545 g/mol. The van der Waals surface area contributed by atoms with Crippen LogP contribution in [0.5, 0.6) is 5.75 Å². The van der Waals surface area contributed by atoms with E-state index in [2.05, 4.69) is 21.0 Å². The van der Waals surface area contributed by atoms with Gasteiger partial charge in [0.05, 0.1) is 26.6 Å². The number of hydrogen-bond acceptors (Lipinski definition) is 4. The summed E-state index contributed by atoms with van der Waals surface area (Å²) >= 11 is 10.0. The number of ether oxygens (including phenoxy) is 1. The van der Waals surface area contributed by atoms with Crippen LogP contribution in [0, 0.1) is 5.82 Å². The fourth-order valence-corrected chi connectivity index (χ4v) is 5.56. The van der Waals surface area contributed by atoms with Gasteiger partial charge in [0, 0.05) is 5.92 Å². The van der Waals surface area contributed by atoms with Gasteiger partial charge in [0.15, 0.2) is 5.75 Å². The van der Waals surface area contributed by atoms with Gasteiger partial charge in [-0.1, -0.05) is 55.1 Å². The smallest absolute Gasteiger partial charge is 0.282 e. The zero-order valence-corrected chi connectivity index (χ0v) is 21.8. The molecule has 5 nitrogen and oxygen atoms in total. The summed E-state index contributed by atoms with van der Waals surface area (Å²) in [6, 6.07) is 17.1. The second-order valence-corrected chi connectivity index (χ2v) is 10.2. The summed E-state index contributed by atoms with van der Waals surface area (Å²) in [5, 5.41) is 5.48. The normalized spacial score (nSPS) is 14.5. The Labute approximate surface area is 221 Å². The van der Waals surface area contributed by atoms with Crippen molar-refractivity contribution in [3.8, 4) is 5.75 Å². The van der Waals surface area contributed by atoms with Crippen LogP contribution in [-0.2, 0) is 6.61 Å². The lowest BCUT2D eigenvalue weighted by molar-refractivity contribution is 0.304. The Morgan fingerprint density at radius 1 is 1.11 bits per heavy atom. The van der Waals surface area contributed by atoms with Gasteiger partial charge in [-0.05, 0) is 76.3 Å². The molecule has 4 aromatic rings. The molecule has 8 heteroatoms. The molecule has 0 atom stereocenters. The van der Waals surface area contributed by atoms with Crippen molar-refractivity contribution < 1.29 is 9.13 Å². The minimum Gasteiger partial charge on any atom is -0.486 e. The molecule has 0 saturated heterocycles. The van der Waals surface area contributed by atoms with E-state index < -0.39 is 0 Å². The van der Waals surface area contributed by atoms with Crippen LogP contribution < -0.4 is 10.3 Å². The molecule has 0 N–H and O–H groups in total. The molecule has 0 bridgehead atoms. The maximum absolute atomic E-state index is 13.5. The number of para-hydroxylation sites is 1. The first kappa shape index (κ1) is 24.7. The minimum absolute atomic E-state index is 0.173. The van der Waals surface area contributed by atoms with Crippen LogP contribution in [0.25, 0.3) is 10.9 Å². The second kappa shape index (κ2) is 10.9. The van der Waals surface area contributed by atoms with Gasteiger partial charge in [-0.15, -0.1) is 0 Å². The summed E-state index contributed by atoms with van der Waals surface area (Å²) < 4.78 is 21.4. The molecule has 1 aromatic heterocycles. The molecule has 0 radical (unpaired) electrons. The fraction of sp³-hybridized carbons (Fsp3) is 0.250. The summed E-state index contributed by atoms with van der Waals surface area (Å²) in [5.74, 6) is 1.03. The quantitative estimate of drug-likeness (QED) is 0.227. The Balaban J connectivity index is 1.46. The van der Waals surface area contributed by atoms with Gasteiger partial charge in [0.2, 0.25) is 0 Å². The van der Waals surface area contributed by atoms with Gasteiger partial charge in [0.1, 0.15) is 18.2 Å². The van der Waals surface area contributed by atoms with Gasteiger partial charge in [-0.2, -0.15) is 9.78 Å². The standard InChI is InChI=1S/C28H24BrClFN3O2/c29-23-14-19(15-24(30)26(23)36-17-18-7-6-10-21(31)13-18)16-32-34-27(20-8-2-1-3-9-20)33-25-12-5-4-11-22(25)28(34)35/h4-7,10-16,20H,1-3,8-9,17H2. The molecule has 3 aromatic carbocycles. The molecule has 0 amide bonds. The van der Waals surface area contributed by atoms with Crippen molar-refractivity contribution in [3.63, 3.8) is 0 Å². The Morgan fingerprint density at radius 2 is 1.92 bits per heavy atom. The van der Waals surface area contributed by atoms with Crippen molar-refractivity contribution in [1.82, 2.24) is 9.66 Å². The summed E-state index contributed by atoms with van der Waals surface area (Å²) in [6.45, 7) is 0.173. The van der Waals surface area contributed by atoms with Crippen LogP contribution in [0.15, 0.2) is 75.0 Å². The lowest BCUT2D eigenvalue weighted by atomic mass is 9.88. The van der Waals surface area contributed by atoms with Crippen LogP contribution in [0.3, 0.4) is 0 Å². The first-order chi connectivity index (χ1) is 17.5. The van der Waals surface area contributed by atoms with Crippen LogP contribution >= 0.6 is 27.5 Å². The van der Waals surface area contributed by atoms with Gasteiger partial charge in [-0.3, -0.25) is 4.79 Å². The molecule has 184 valence electrons. The molecule has 0 spiro atoms. The van der Waals surface area contributed by atoms with Crippen molar-refractivity contribution in [1.29, 1.82) is 0 Å². The number of nitrogens with zero attached hydrogens (tertiary/aromatic N) is 3. The Bertz CT molecular complexity index is 1480. The Kier molecular flexibility index (Phi) is 7.48. The van der Waals surface area contributed by atoms with Gasteiger partial charge < -0.3 is 4.74 Å². The molecule has 1 aliphatic rings. The first-order valence-corrected chi connectivity index (χ1v) is 13.1. The van der Waals surface area contributed by atoms with Crippen LogP contribution in [-0.4, -0.2) is 15.9 Å². The molecule has 1 saturated carbocycles. The van der Waals surface area contributed by atoms with Crippen LogP contribution in [0.2, 0.25) is 5.02 Å². The predicted molar refractivity (Wildman–Crippen MR) is 145 cm³/mol. The number of halogens is 3. The predicted octanol–water partition coefficient (Wildman–Crippen LogP) is 7.46. The number of hydrogen-bond donors (Lipinski definition) is 0. The minimum atomic E-state index is -0.321. The zero-order chi connectivity index (χ0) is 25.1. The molecule has 0 unspecified atom stereocenters. The van der Waals surface area contributed by atoms with Crippen molar-refractivity contribution in [2.24, 2.45) is 5.10 Å². The van der Waals surface area contributed by atoms with E-state index in [-0.39, 0.29) is 23.9 Å². The van der Waals surface area contributed by atoms with Crippen molar-refractivity contribution >= 4 is 44.6 Å². The molecule has 36 heavy (non-hydrogen) atoms. The molecule has 5 rings (SSSR count). The first-order valence-electron chi connectivity index (χ1n) is 11.9. The van der Waals surface area contributed by atoms with E-state index in [1.807, 2.05) is 24.3 Å². The third kappa shape index (κ3) is 5.37. The molecule has 0 aliphatic heterocycles. The lowest BCUT2D eigenvalue weighted by Gasteiger charge is -2.22. The summed E-state index contributed by atoms with van der Waals surface area (Å²) in [6.07, 6.45) is 7.05. The third-order valence-electron chi connectivity index (χ3n) is 6.36. The number of rotatable bonds is 6. The highest BCUT2D eigenvalue weighted by Crippen LogP contribution is 2.35. The Hall–Kier alpha value is -3.03. The third-order valence-corrected chi connectivity index (χ3v) is 7.23. The van der Waals surface area contributed by atoms with E-state index in [4.69, 9.17) is 21.3 Å². The van der Waals surface area contributed by atoms with Gasteiger partial charge in [0.25, 0.3) is 5.56 Å². The van der Waals surface area contributed by atoms with E-state index in [0.717, 1.165) is 25.7 Å². The number of benzene rings is 3. The summed E-state index contributed by atoms with van der Waals surface area (Å²) in [7, 11) is 0. The maximum Gasteiger partial charge on any atom is 0.282 e. The lowest BCUT2D eigenvalue weighted by Crippen LogP contribution is -2.25. The van der Waals surface area contributed by atoms with Crippen molar-refractivity contribution in [3.05, 3.63) is 103 Å². The van der Waals surface area contributed by atoms with E-state index >= 15 is 0 Å². The van der Waals surface area contributed by atoms with E-state index in [1.54, 1.807) is 30.5 Å². The fourth-order valence-electron chi connectivity index (χ4n) is 4.58. The molecule has 1 aliphatic carbocycles. The molecular formula is C28H24BrClFN3O2. The topological polar surface area (TPSA) is 56.5 Å². The molecule has 1 fully saturated rings. The number of fused-ring (bicyclic) bond motifs is 1. The Morgan fingerprint density at radius 3 is 2.69 bits per heavy atom. The maximum atomic E-state index is 13.5. The van der Waals surface area contributed by atoms with Gasteiger partial charge >= 0.3 is 0 Å². The average molecular weight is 569 g/mol. The van der Waals surface area contributed by atoms with E-state index in [1.165, 1.54) is 23.2 Å². The molecule has 1 heterocycles. The largest absolute Gasteiger partial charge is 0.486 e. The SMILES string of the molecule is O=c1c2ccccc2nc(C2CCCCC2)n1N=Cc1cc(Cl)c(OCc2cccc(F)c2)c(Br)c1.